The molecule has 0 saturated heterocycles. The van der Waals surface area contributed by atoms with Gasteiger partial charge in [0.2, 0.25) is 0 Å². The van der Waals surface area contributed by atoms with E-state index in [4.69, 9.17) is 0 Å². The Hall–Kier alpha value is -1.64. The van der Waals surface area contributed by atoms with Gasteiger partial charge in [0.05, 0.1) is 0 Å². The molecule has 0 aliphatic carbocycles. The van der Waals surface area contributed by atoms with E-state index >= 15 is 0 Å². The first-order valence-corrected chi connectivity index (χ1v) is 8.65. The molecule has 0 spiro atoms. The monoisotopic (exact) mass is 345 g/mol. The minimum absolute atomic E-state index is 0.0136. The van der Waals surface area contributed by atoms with Crippen LogP contribution in [0.5, 0.6) is 0 Å². The Bertz CT molecular complexity index is 792. The average molecular weight is 344 g/mol. The van der Waals surface area contributed by atoms with Gasteiger partial charge in [-0.3, -0.25) is 0 Å². The molecular weight excluding hydrogens is 325 g/mol. The van der Waals surface area contributed by atoms with Crippen molar-refractivity contribution < 1.29 is 0 Å². The van der Waals surface area contributed by atoms with Crippen molar-refractivity contribution in [3.05, 3.63) is 52.6 Å². The molecule has 2 aromatic carbocycles. The first-order valence-electron chi connectivity index (χ1n) is 7.12. The Morgan fingerprint density at radius 1 is 1.00 bits per heavy atom. The SMILES string of the molecule is Cc1cc(C)c(C(C)Nc2cccc3n[se]nc23)cc1C. The topological polar surface area (TPSA) is 37.8 Å². The van der Waals surface area contributed by atoms with Gasteiger partial charge in [-0.25, -0.2) is 0 Å². The second kappa shape index (κ2) is 5.63. The number of nitrogens with one attached hydrogen (secondary N) is 1. The molecule has 0 saturated carbocycles. The number of hydrogen-bond acceptors (Lipinski definition) is 3. The zero-order valence-corrected chi connectivity index (χ0v) is 14.5. The summed E-state index contributed by atoms with van der Waals surface area (Å²) in [6, 6.07) is 11.0. The Balaban J connectivity index is 1.95. The van der Waals surface area contributed by atoms with Crippen molar-refractivity contribution >= 4 is 31.7 Å². The van der Waals surface area contributed by atoms with Crippen molar-refractivity contribution in [2.75, 3.05) is 5.32 Å². The van der Waals surface area contributed by atoms with Crippen LogP contribution >= 0.6 is 0 Å². The van der Waals surface area contributed by atoms with Crippen LogP contribution < -0.4 is 5.32 Å². The van der Waals surface area contributed by atoms with Crippen LogP contribution in [0.2, 0.25) is 0 Å². The summed E-state index contributed by atoms with van der Waals surface area (Å²) in [6.07, 6.45) is 0. The van der Waals surface area contributed by atoms with Crippen LogP contribution in [0.25, 0.3) is 11.0 Å². The summed E-state index contributed by atoms with van der Waals surface area (Å²) in [4.78, 5) is 0. The number of aromatic nitrogens is 2. The second-order valence-corrected chi connectivity index (χ2v) is 6.71. The third kappa shape index (κ3) is 2.74. The molecule has 21 heavy (non-hydrogen) atoms. The van der Waals surface area contributed by atoms with Gasteiger partial charge in [0.25, 0.3) is 0 Å². The van der Waals surface area contributed by atoms with Gasteiger partial charge < -0.3 is 0 Å². The number of benzene rings is 2. The van der Waals surface area contributed by atoms with Gasteiger partial charge >= 0.3 is 131 Å². The molecule has 3 nitrogen and oxygen atoms in total. The molecule has 0 aliphatic rings. The van der Waals surface area contributed by atoms with E-state index in [9.17, 15) is 0 Å². The van der Waals surface area contributed by atoms with E-state index in [1.165, 1.54) is 22.3 Å². The fraction of sp³-hybridized carbons (Fsp3) is 0.294. The maximum atomic E-state index is 4.53. The van der Waals surface area contributed by atoms with Crippen molar-refractivity contribution in [1.29, 1.82) is 0 Å². The molecule has 1 atom stereocenters. The fourth-order valence-electron chi connectivity index (χ4n) is 2.68. The normalized spacial score (nSPS) is 12.6. The van der Waals surface area contributed by atoms with Crippen molar-refractivity contribution in [2.24, 2.45) is 0 Å². The van der Waals surface area contributed by atoms with E-state index in [1.54, 1.807) is 0 Å². The average Bonchev–Trinajstić information content (AvgIpc) is 2.92. The van der Waals surface area contributed by atoms with Gasteiger partial charge in [0.15, 0.2) is 0 Å². The van der Waals surface area contributed by atoms with Crippen LogP contribution in [0.1, 0.15) is 35.2 Å². The van der Waals surface area contributed by atoms with E-state index in [0.717, 1.165) is 16.7 Å². The summed E-state index contributed by atoms with van der Waals surface area (Å²) in [6.45, 7) is 8.71. The molecule has 1 aromatic heterocycles. The van der Waals surface area contributed by atoms with Crippen molar-refractivity contribution in [3.63, 3.8) is 0 Å². The third-order valence-electron chi connectivity index (χ3n) is 4.01. The molecule has 1 N–H and O–H groups in total. The van der Waals surface area contributed by atoms with Crippen molar-refractivity contribution in [3.8, 4) is 0 Å². The van der Waals surface area contributed by atoms with E-state index in [0.29, 0.717) is 0 Å². The van der Waals surface area contributed by atoms with Gasteiger partial charge in [0, 0.05) is 0 Å². The maximum absolute atomic E-state index is 4.53. The predicted octanol–water partition coefficient (Wildman–Crippen LogP) is 3.79. The van der Waals surface area contributed by atoms with E-state index in [-0.39, 0.29) is 21.0 Å². The van der Waals surface area contributed by atoms with E-state index < -0.39 is 0 Å². The van der Waals surface area contributed by atoms with Crippen LogP contribution in [0, 0.1) is 20.8 Å². The standard InChI is InChI=1S/C17H19N3Se/c1-10-8-12(3)14(9-11(10)2)13(4)18-15-6-5-7-16-17(15)20-21-19-16/h5-9,13,18H,1-4H3. The molecule has 0 fully saturated rings. The second-order valence-electron chi connectivity index (χ2n) is 5.60. The number of rotatable bonds is 3. The van der Waals surface area contributed by atoms with Gasteiger partial charge in [-0.15, -0.1) is 0 Å². The number of nitrogens with zero attached hydrogens (tertiary/aromatic N) is 2. The Morgan fingerprint density at radius 2 is 1.76 bits per heavy atom. The first-order chi connectivity index (χ1) is 10.1. The Kier molecular flexibility index (Phi) is 3.83. The van der Waals surface area contributed by atoms with Gasteiger partial charge in [0.1, 0.15) is 0 Å². The van der Waals surface area contributed by atoms with Gasteiger partial charge in [-0.1, -0.05) is 0 Å². The predicted molar refractivity (Wildman–Crippen MR) is 89.2 cm³/mol. The molecule has 0 radical (unpaired) electrons. The quantitative estimate of drug-likeness (QED) is 0.735. The summed E-state index contributed by atoms with van der Waals surface area (Å²) in [7, 11) is 0. The van der Waals surface area contributed by atoms with E-state index in [1.807, 2.05) is 12.1 Å². The van der Waals surface area contributed by atoms with Crippen LogP contribution in [0.4, 0.5) is 5.69 Å². The molecular formula is C17H19N3Se. The van der Waals surface area contributed by atoms with E-state index in [2.05, 4.69) is 59.2 Å². The molecule has 0 amide bonds. The molecule has 3 aromatic rings. The molecule has 108 valence electrons. The Labute approximate surface area is 131 Å². The summed E-state index contributed by atoms with van der Waals surface area (Å²) in [5.74, 6) is 0. The van der Waals surface area contributed by atoms with Crippen LogP contribution in [-0.4, -0.2) is 22.9 Å². The van der Waals surface area contributed by atoms with Crippen molar-refractivity contribution in [2.45, 2.75) is 33.7 Å². The zero-order valence-electron chi connectivity index (χ0n) is 12.8. The number of hydrogen-bond donors (Lipinski definition) is 1. The zero-order chi connectivity index (χ0) is 15.0. The number of fused-ring (bicyclic) bond motifs is 1. The molecule has 4 heteroatoms. The molecule has 1 heterocycles. The summed E-state index contributed by atoms with van der Waals surface area (Å²) >= 11 is 0.0136. The molecule has 0 aliphatic heterocycles. The first kappa shape index (κ1) is 14.3. The van der Waals surface area contributed by atoms with Gasteiger partial charge in [-0.2, -0.15) is 0 Å². The van der Waals surface area contributed by atoms with Crippen molar-refractivity contribution in [1.82, 2.24) is 7.96 Å². The van der Waals surface area contributed by atoms with Crippen LogP contribution in [0.15, 0.2) is 30.3 Å². The van der Waals surface area contributed by atoms with Gasteiger partial charge in [-0.05, 0) is 0 Å². The summed E-state index contributed by atoms with van der Waals surface area (Å²) in [5, 5.41) is 3.60. The van der Waals surface area contributed by atoms with Crippen LogP contribution in [-0.2, 0) is 0 Å². The summed E-state index contributed by atoms with van der Waals surface area (Å²) in [5.41, 5.74) is 8.48. The molecule has 0 bridgehead atoms. The summed E-state index contributed by atoms with van der Waals surface area (Å²) < 4.78 is 8.97. The minimum atomic E-state index is 0.0136. The Morgan fingerprint density at radius 3 is 2.57 bits per heavy atom. The molecule has 3 rings (SSSR count). The molecule has 1 unspecified atom stereocenters. The third-order valence-corrected chi connectivity index (χ3v) is 5.15. The number of aryl methyl sites for hydroxylation is 3. The van der Waals surface area contributed by atoms with Crippen LogP contribution in [0.3, 0.4) is 0 Å². The fourth-order valence-corrected chi connectivity index (χ4v) is 3.84. The number of anilines is 1.